The number of hydrogen-bond donors (Lipinski definition) is 4. The predicted octanol–water partition coefficient (Wildman–Crippen LogP) is -0.219. The highest BCUT2D eigenvalue weighted by Gasteiger charge is 2.19. The van der Waals surface area contributed by atoms with Gasteiger partial charge in [0.05, 0.1) is 12.2 Å². The van der Waals surface area contributed by atoms with Gasteiger partial charge in [-0.15, -0.1) is 0 Å². The molecule has 1 fully saturated rings. The number of carbonyl (C=O) groups is 3. The predicted molar refractivity (Wildman–Crippen MR) is 111 cm³/mol. The number of carbonyl (C=O) groups excluding carboxylic acids is 2. The van der Waals surface area contributed by atoms with E-state index in [-0.39, 0.29) is 24.8 Å². The lowest BCUT2D eigenvalue weighted by Crippen LogP contribution is -2.50. The fraction of sp³-hybridized carbons (Fsp3) is 0.421. The fourth-order valence-corrected chi connectivity index (χ4v) is 2.39. The van der Waals surface area contributed by atoms with Gasteiger partial charge in [0.15, 0.2) is 0 Å². The Labute approximate surface area is 170 Å². The largest absolute Gasteiger partial charge is 0.481 e. The molecule has 1 heterocycles. The monoisotopic (exact) mass is 406 g/mol. The molecule has 0 atom stereocenters. The van der Waals surface area contributed by atoms with Crippen LogP contribution in [0.4, 0.5) is 5.69 Å². The molecule has 1 aliphatic heterocycles. The molecule has 0 radical (unpaired) electrons. The van der Waals surface area contributed by atoms with Gasteiger partial charge in [-0.05, 0) is 31.3 Å². The highest BCUT2D eigenvalue weighted by molar-refractivity contribution is 5.96. The molecule has 0 saturated carbocycles. The van der Waals surface area contributed by atoms with Crippen molar-refractivity contribution in [2.24, 2.45) is 11.6 Å². The maximum absolute atomic E-state index is 12.1. The van der Waals surface area contributed by atoms with Crippen molar-refractivity contribution in [3.05, 3.63) is 42.2 Å². The fourth-order valence-electron chi connectivity index (χ4n) is 2.39. The zero-order valence-corrected chi connectivity index (χ0v) is 16.9. The van der Waals surface area contributed by atoms with E-state index in [1.807, 2.05) is 7.05 Å². The van der Waals surface area contributed by atoms with Crippen molar-refractivity contribution in [3.8, 4) is 0 Å². The number of likely N-dealkylation sites (N-methyl/N-ethyl adjacent to an activating group) is 1. The minimum absolute atomic E-state index is 0.00320. The molecule has 2 amide bonds. The van der Waals surface area contributed by atoms with E-state index in [1.165, 1.54) is 17.4 Å². The van der Waals surface area contributed by atoms with Crippen LogP contribution >= 0.6 is 0 Å². The summed E-state index contributed by atoms with van der Waals surface area (Å²) in [6, 6.07) is 6.71. The Hall–Kier alpha value is -3.11. The first kappa shape index (κ1) is 23.9. The van der Waals surface area contributed by atoms with Crippen LogP contribution in [-0.2, 0) is 9.59 Å². The van der Waals surface area contributed by atoms with E-state index in [0.29, 0.717) is 24.3 Å². The normalized spacial score (nSPS) is 14.1. The minimum Gasteiger partial charge on any atom is -0.481 e. The van der Waals surface area contributed by atoms with Crippen molar-refractivity contribution in [1.82, 2.24) is 15.1 Å². The van der Waals surface area contributed by atoms with Crippen molar-refractivity contribution in [3.63, 3.8) is 0 Å². The molecule has 2 rings (SSSR count). The van der Waals surface area contributed by atoms with Crippen molar-refractivity contribution in [1.29, 1.82) is 0 Å². The average molecular weight is 406 g/mol. The van der Waals surface area contributed by atoms with Crippen LogP contribution in [0.15, 0.2) is 36.7 Å². The maximum atomic E-state index is 12.1. The van der Waals surface area contributed by atoms with E-state index in [1.54, 1.807) is 36.1 Å². The lowest BCUT2D eigenvalue weighted by Gasteiger charge is -2.32. The molecule has 1 saturated heterocycles. The zero-order chi connectivity index (χ0) is 21.8. The highest BCUT2D eigenvalue weighted by atomic mass is 16.4. The maximum Gasteiger partial charge on any atom is 0.303 e. The molecule has 1 aromatic carbocycles. The number of nitrogens with zero attached hydrogens (tertiary/aromatic N) is 3. The van der Waals surface area contributed by atoms with Crippen molar-refractivity contribution >= 4 is 23.5 Å². The van der Waals surface area contributed by atoms with Gasteiger partial charge in [0.1, 0.15) is 0 Å². The number of aliphatic carboxylic acids is 1. The molecule has 10 nitrogen and oxygen atoms in total. The van der Waals surface area contributed by atoms with Gasteiger partial charge in [-0.25, -0.2) is 5.84 Å². The number of nitrogens with one attached hydrogen (secondary N) is 1. The van der Waals surface area contributed by atoms with Crippen LogP contribution in [0.5, 0.6) is 0 Å². The second-order valence-corrected chi connectivity index (χ2v) is 6.41. The molecule has 0 aromatic heterocycles. The summed E-state index contributed by atoms with van der Waals surface area (Å²) in [6.07, 6.45) is 3.05. The third-order valence-electron chi connectivity index (χ3n) is 4.23. The quantitative estimate of drug-likeness (QED) is 0.375. The minimum atomic E-state index is -0.745. The number of nitrogens with two attached hydrogens (primary N) is 2. The SMILES string of the molecule is CCC(=O)O.CN1CCN(C(=O)CNC(=O)c2ccc(N(N)/C=C\N)cc2)CC1. The van der Waals surface area contributed by atoms with E-state index in [2.05, 4.69) is 10.2 Å². The first-order chi connectivity index (χ1) is 13.8. The number of hydrogen-bond acceptors (Lipinski definition) is 7. The summed E-state index contributed by atoms with van der Waals surface area (Å²) in [5, 5.41) is 11.7. The van der Waals surface area contributed by atoms with Crippen LogP contribution in [0.1, 0.15) is 23.7 Å². The van der Waals surface area contributed by atoms with Crippen molar-refractivity contribution in [2.75, 3.05) is 44.8 Å². The first-order valence-electron chi connectivity index (χ1n) is 9.27. The molecule has 6 N–H and O–H groups in total. The van der Waals surface area contributed by atoms with Gasteiger partial charge in [-0.3, -0.25) is 19.4 Å². The van der Waals surface area contributed by atoms with Gasteiger partial charge in [-0.1, -0.05) is 6.92 Å². The third-order valence-corrected chi connectivity index (χ3v) is 4.23. The van der Waals surface area contributed by atoms with Gasteiger partial charge >= 0.3 is 5.97 Å². The van der Waals surface area contributed by atoms with E-state index in [0.717, 1.165) is 13.1 Å². The second kappa shape index (κ2) is 12.4. The molecule has 160 valence electrons. The summed E-state index contributed by atoms with van der Waals surface area (Å²) >= 11 is 0. The molecule has 0 unspecified atom stereocenters. The van der Waals surface area contributed by atoms with Crippen molar-refractivity contribution < 1.29 is 19.5 Å². The molecule has 1 aliphatic rings. The van der Waals surface area contributed by atoms with E-state index in [4.69, 9.17) is 16.7 Å². The van der Waals surface area contributed by atoms with E-state index < -0.39 is 5.97 Å². The van der Waals surface area contributed by atoms with Crippen LogP contribution in [0, 0.1) is 0 Å². The highest BCUT2D eigenvalue weighted by Crippen LogP contribution is 2.12. The van der Waals surface area contributed by atoms with E-state index in [9.17, 15) is 14.4 Å². The van der Waals surface area contributed by atoms with Crippen LogP contribution in [0.25, 0.3) is 0 Å². The van der Waals surface area contributed by atoms with Crippen molar-refractivity contribution in [2.45, 2.75) is 13.3 Å². The number of piperazine rings is 1. The molecular weight excluding hydrogens is 376 g/mol. The number of rotatable bonds is 6. The molecule has 0 spiro atoms. The smallest absolute Gasteiger partial charge is 0.303 e. The molecule has 10 heteroatoms. The topological polar surface area (TPSA) is 145 Å². The summed E-state index contributed by atoms with van der Waals surface area (Å²) in [6.45, 7) is 4.70. The second-order valence-electron chi connectivity index (χ2n) is 6.41. The lowest BCUT2D eigenvalue weighted by atomic mass is 10.2. The first-order valence-corrected chi connectivity index (χ1v) is 9.27. The Kier molecular flexibility index (Phi) is 10.2. The molecular formula is C19H30N6O4. The summed E-state index contributed by atoms with van der Waals surface area (Å²) in [5.41, 5.74) is 6.44. The van der Waals surface area contributed by atoms with E-state index >= 15 is 0 Å². The Balaban J connectivity index is 0.000000749. The summed E-state index contributed by atoms with van der Waals surface area (Å²) in [5.74, 6) is 4.64. The van der Waals surface area contributed by atoms with Gasteiger partial charge in [-0.2, -0.15) is 0 Å². The Bertz CT molecular complexity index is 699. The van der Waals surface area contributed by atoms with Crippen LogP contribution in [0.2, 0.25) is 0 Å². The lowest BCUT2D eigenvalue weighted by molar-refractivity contribution is -0.136. The number of anilines is 1. The number of benzene rings is 1. The Morgan fingerprint density at radius 3 is 2.21 bits per heavy atom. The van der Waals surface area contributed by atoms with Gasteiger partial charge < -0.3 is 26.0 Å². The number of carboxylic acids is 1. The van der Waals surface area contributed by atoms with Crippen LogP contribution in [0.3, 0.4) is 0 Å². The summed E-state index contributed by atoms with van der Waals surface area (Å²) < 4.78 is 0. The Morgan fingerprint density at radius 2 is 1.72 bits per heavy atom. The summed E-state index contributed by atoms with van der Waals surface area (Å²) in [7, 11) is 2.03. The van der Waals surface area contributed by atoms with Gasteiger partial charge in [0.25, 0.3) is 5.91 Å². The molecule has 29 heavy (non-hydrogen) atoms. The molecule has 0 aliphatic carbocycles. The number of amides is 2. The van der Waals surface area contributed by atoms with Crippen LogP contribution < -0.4 is 21.9 Å². The van der Waals surface area contributed by atoms with Gasteiger partial charge in [0.2, 0.25) is 5.91 Å². The standard InChI is InChI=1S/C16H24N6O2.C3H6O2/c1-20-8-10-21(11-9-20)15(23)12-19-16(24)13-2-4-14(5-3-13)22(18)7-6-17;1-2-3(4)5/h2-7H,8-12,17-18H2,1H3,(H,19,24);2H2,1H3,(H,4,5)/b7-6-;. The summed E-state index contributed by atoms with van der Waals surface area (Å²) in [4.78, 5) is 37.5. The third kappa shape index (κ3) is 8.62. The van der Waals surface area contributed by atoms with Crippen LogP contribution in [-0.4, -0.2) is 72.5 Å². The Morgan fingerprint density at radius 1 is 1.17 bits per heavy atom. The zero-order valence-electron chi connectivity index (χ0n) is 16.9. The van der Waals surface area contributed by atoms with Gasteiger partial charge in [0, 0.05) is 50.6 Å². The molecule has 0 bridgehead atoms. The molecule has 1 aromatic rings. The number of carboxylic acid groups (broad SMARTS) is 1. The average Bonchev–Trinajstić information content (AvgIpc) is 2.73. The number of hydrazine groups is 1.